The predicted molar refractivity (Wildman–Crippen MR) is 67.1 cm³/mol. The molecule has 1 heterocycles. The number of hydrogen-bond acceptors (Lipinski definition) is 4. The Morgan fingerprint density at radius 2 is 2.11 bits per heavy atom. The van der Waals surface area contributed by atoms with E-state index in [2.05, 4.69) is 4.98 Å². The van der Waals surface area contributed by atoms with E-state index in [1.54, 1.807) is 0 Å². The minimum atomic E-state index is -1.22. The van der Waals surface area contributed by atoms with Crippen molar-refractivity contribution >= 4 is 23.3 Å². The van der Waals surface area contributed by atoms with Crippen molar-refractivity contribution in [1.29, 1.82) is 0 Å². The van der Waals surface area contributed by atoms with E-state index in [0.29, 0.717) is 0 Å². The second-order valence-electron chi connectivity index (χ2n) is 3.57. The molecular formula is C12H8ClFN2O3. The Morgan fingerprint density at radius 1 is 1.37 bits per heavy atom. The fraction of sp³-hybridized carbons (Fsp3) is 0. The van der Waals surface area contributed by atoms with Gasteiger partial charge in [-0.05, 0) is 24.3 Å². The van der Waals surface area contributed by atoms with Crippen molar-refractivity contribution < 1.29 is 19.0 Å². The van der Waals surface area contributed by atoms with Crippen LogP contribution in [0.1, 0.15) is 10.5 Å². The monoisotopic (exact) mass is 282 g/mol. The van der Waals surface area contributed by atoms with Crippen molar-refractivity contribution in [2.75, 3.05) is 5.73 Å². The van der Waals surface area contributed by atoms with Gasteiger partial charge in [-0.25, -0.2) is 14.2 Å². The summed E-state index contributed by atoms with van der Waals surface area (Å²) in [5.41, 5.74) is 5.52. The molecule has 0 bridgehead atoms. The number of ether oxygens (including phenoxy) is 1. The molecule has 0 amide bonds. The summed E-state index contributed by atoms with van der Waals surface area (Å²) >= 11 is 5.53. The van der Waals surface area contributed by atoms with Crippen LogP contribution in [0, 0.1) is 5.82 Å². The molecule has 3 N–H and O–H groups in total. The van der Waals surface area contributed by atoms with Crippen LogP contribution in [0.15, 0.2) is 30.3 Å². The highest BCUT2D eigenvalue weighted by Gasteiger charge is 2.11. The highest BCUT2D eigenvalue weighted by molar-refractivity contribution is 6.30. The lowest BCUT2D eigenvalue weighted by atomic mass is 10.3. The van der Waals surface area contributed by atoms with Gasteiger partial charge in [-0.2, -0.15) is 0 Å². The highest BCUT2D eigenvalue weighted by Crippen LogP contribution is 2.28. The lowest BCUT2D eigenvalue weighted by molar-refractivity contribution is 0.0689. The largest absolute Gasteiger partial charge is 0.477 e. The number of aromatic carboxylic acids is 1. The third-order valence-corrected chi connectivity index (χ3v) is 2.52. The van der Waals surface area contributed by atoms with Gasteiger partial charge in [0.15, 0.2) is 5.69 Å². The fourth-order valence-corrected chi connectivity index (χ4v) is 1.42. The summed E-state index contributed by atoms with van der Waals surface area (Å²) in [5.74, 6) is -1.87. The molecule has 0 aliphatic rings. The average molecular weight is 283 g/mol. The smallest absolute Gasteiger partial charge is 0.354 e. The summed E-state index contributed by atoms with van der Waals surface area (Å²) in [6, 6.07) is 6.37. The van der Waals surface area contributed by atoms with Gasteiger partial charge in [0.25, 0.3) is 0 Å². The number of nitrogens with two attached hydrogens (primary N) is 1. The molecule has 0 unspecified atom stereocenters. The van der Waals surface area contributed by atoms with Gasteiger partial charge in [0.2, 0.25) is 5.88 Å². The Kier molecular flexibility index (Phi) is 3.52. The Balaban J connectivity index is 2.34. The average Bonchev–Trinajstić information content (AvgIpc) is 2.36. The van der Waals surface area contributed by atoms with E-state index in [0.717, 1.165) is 6.07 Å². The number of carboxylic acids is 1. The normalized spacial score (nSPS) is 10.2. The summed E-state index contributed by atoms with van der Waals surface area (Å²) < 4.78 is 18.5. The first-order valence-electron chi connectivity index (χ1n) is 5.10. The van der Waals surface area contributed by atoms with E-state index in [-0.39, 0.29) is 28.0 Å². The molecule has 0 saturated heterocycles. The van der Waals surface area contributed by atoms with Gasteiger partial charge in [-0.3, -0.25) is 0 Å². The van der Waals surface area contributed by atoms with Gasteiger partial charge in [0.1, 0.15) is 11.6 Å². The van der Waals surface area contributed by atoms with Crippen LogP contribution in [0.3, 0.4) is 0 Å². The minimum Gasteiger partial charge on any atom is -0.477 e. The number of nitrogens with zero attached hydrogens (tertiary/aromatic N) is 1. The number of aromatic nitrogens is 1. The fourth-order valence-electron chi connectivity index (χ4n) is 1.30. The quantitative estimate of drug-likeness (QED) is 0.904. The summed E-state index contributed by atoms with van der Waals surface area (Å²) in [6.45, 7) is 0. The van der Waals surface area contributed by atoms with Crippen molar-refractivity contribution in [3.05, 3.63) is 46.9 Å². The van der Waals surface area contributed by atoms with E-state index in [1.165, 1.54) is 24.3 Å². The molecule has 0 saturated carbocycles. The first-order chi connectivity index (χ1) is 8.97. The van der Waals surface area contributed by atoms with Crippen LogP contribution in [0.25, 0.3) is 0 Å². The maximum atomic E-state index is 13.2. The Hall–Kier alpha value is -2.34. The molecule has 7 heteroatoms. The van der Waals surface area contributed by atoms with Gasteiger partial charge >= 0.3 is 5.97 Å². The number of hydrogen-bond donors (Lipinski definition) is 2. The molecule has 0 radical (unpaired) electrons. The van der Waals surface area contributed by atoms with E-state index in [4.69, 9.17) is 27.2 Å². The lowest BCUT2D eigenvalue weighted by Crippen LogP contribution is -2.03. The van der Waals surface area contributed by atoms with Crippen molar-refractivity contribution in [3.63, 3.8) is 0 Å². The third kappa shape index (κ3) is 2.92. The molecule has 0 atom stereocenters. The molecule has 0 aliphatic carbocycles. The van der Waals surface area contributed by atoms with Crippen LogP contribution >= 0.6 is 11.6 Å². The number of carbonyl (C=O) groups is 1. The van der Waals surface area contributed by atoms with E-state index in [1.807, 2.05) is 0 Å². The van der Waals surface area contributed by atoms with Gasteiger partial charge in [-0.1, -0.05) is 11.6 Å². The summed E-state index contributed by atoms with van der Waals surface area (Å²) in [4.78, 5) is 14.5. The lowest BCUT2D eigenvalue weighted by Gasteiger charge is -2.08. The second-order valence-corrected chi connectivity index (χ2v) is 3.98. The Bertz CT molecular complexity index is 649. The Labute approximate surface area is 112 Å². The number of pyridine rings is 1. The van der Waals surface area contributed by atoms with E-state index in [9.17, 15) is 9.18 Å². The van der Waals surface area contributed by atoms with Crippen molar-refractivity contribution in [2.45, 2.75) is 0 Å². The van der Waals surface area contributed by atoms with Gasteiger partial charge < -0.3 is 15.6 Å². The topological polar surface area (TPSA) is 85.4 Å². The van der Waals surface area contributed by atoms with Crippen LogP contribution in [0.4, 0.5) is 10.1 Å². The van der Waals surface area contributed by atoms with Gasteiger partial charge in [-0.15, -0.1) is 0 Å². The SMILES string of the molecule is Nc1ccc(C(=O)O)nc1Oc1ccc(Cl)c(F)c1. The van der Waals surface area contributed by atoms with E-state index >= 15 is 0 Å². The minimum absolute atomic E-state index is 0.0485. The van der Waals surface area contributed by atoms with Crippen LogP contribution in [0.2, 0.25) is 5.02 Å². The summed E-state index contributed by atoms with van der Waals surface area (Å²) in [7, 11) is 0. The van der Waals surface area contributed by atoms with Crippen LogP contribution in [-0.2, 0) is 0 Å². The number of benzene rings is 1. The molecule has 0 fully saturated rings. The van der Waals surface area contributed by atoms with Crippen molar-refractivity contribution in [1.82, 2.24) is 4.98 Å². The number of anilines is 1. The highest BCUT2D eigenvalue weighted by atomic mass is 35.5. The molecule has 0 aliphatic heterocycles. The zero-order valence-corrected chi connectivity index (χ0v) is 10.2. The molecule has 1 aromatic carbocycles. The summed E-state index contributed by atoms with van der Waals surface area (Å²) in [5, 5.41) is 8.76. The van der Waals surface area contributed by atoms with Gasteiger partial charge in [0.05, 0.1) is 10.7 Å². The molecule has 1 aromatic heterocycles. The third-order valence-electron chi connectivity index (χ3n) is 2.21. The maximum absolute atomic E-state index is 13.2. The standard InChI is InChI=1S/C12H8ClFN2O3/c13-7-2-1-6(5-8(7)14)19-11-9(15)3-4-10(16-11)12(17)18/h1-5H,15H2,(H,17,18). The molecule has 98 valence electrons. The molecule has 2 rings (SSSR count). The first kappa shape index (κ1) is 13.1. The molecule has 2 aromatic rings. The van der Waals surface area contributed by atoms with Crippen molar-refractivity contribution in [3.8, 4) is 11.6 Å². The zero-order chi connectivity index (χ0) is 14.0. The maximum Gasteiger partial charge on any atom is 0.354 e. The van der Waals surface area contributed by atoms with E-state index < -0.39 is 11.8 Å². The Morgan fingerprint density at radius 3 is 2.74 bits per heavy atom. The van der Waals surface area contributed by atoms with Crippen LogP contribution in [-0.4, -0.2) is 16.1 Å². The van der Waals surface area contributed by atoms with Crippen LogP contribution in [0.5, 0.6) is 11.6 Å². The van der Waals surface area contributed by atoms with Gasteiger partial charge in [0, 0.05) is 6.07 Å². The number of carboxylic acid groups (broad SMARTS) is 1. The zero-order valence-electron chi connectivity index (χ0n) is 9.43. The molecule has 19 heavy (non-hydrogen) atoms. The van der Waals surface area contributed by atoms with Crippen molar-refractivity contribution in [2.24, 2.45) is 0 Å². The molecule has 0 spiro atoms. The molecule has 5 nitrogen and oxygen atoms in total. The second kappa shape index (κ2) is 5.11. The summed E-state index contributed by atoms with van der Waals surface area (Å²) in [6.07, 6.45) is 0. The first-order valence-corrected chi connectivity index (χ1v) is 5.48. The number of nitrogen functional groups attached to an aromatic ring is 1. The predicted octanol–water partition coefficient (Wildman–Crippen LogP) is 2.95. The molecular weight excluding hydrogens is 275 g/mol. The van der Waals surface area contributed by atoms with Crippen LogP contribution < -0.4 is 10.5 Å². The number of rotatable bonds is 3. The number of halogens is 2.